The number of rotatable bonds is 2. The average molecular weight is 271 g/mol. The van der Waals surface area contributed by atoms with E-state index < -0.39 is 0 Å². The molecule has 0 amide bonds. The Kier molecular flexibility index (Phi) is 3.32. The third kappa shape index (κ3) is 2.09. The van der Waals surface area contributed by atoms with Gasteiger partial charge in [0.05, 0.1) is 0 Å². The van der Waals surface area contributed by atoms with Crippen LogP contribution in [0.15, 0.2) is 30.9 Å². The van der Waals surface area contributed by atoms with Crippen LogP contribution in [0.4, 0.5) is 0 Å². The van der Waals surface area contributed by atoms with E-state index >= 15 is 0 Å². The Morgan fingerprint density at radius 3 is 2.75 bits per heavy atom. The zero-order valence-corrected chi connectivity index (χ0v) is 9.55. The van der Waals surface area contributed by atoms with Crippen LogP contribution >= 0.6 is 22.6 Å². The molecule has 1 aromatic carbocycles. The molecule has 1 aromatic rings. The van der Waals surface area contributed by atoms with Crippen molar-refractivity contribution in [3.05, 3.63) is 51.5 Å². The Labute approximate surface area is 87.8 Å². The Morgan fingerprint density at radius 1 is 1.50 bits per heavy atom. The monoisotopic (exact) mass is 271 g/mol. The molecule has 0 saturated heterocycles. The van der Waals surface area contributed by atoms with Gasteiger partial charge in [0.1, 0.15) is 0 Å². The second kappa shape index (κ2) is 4.08. The van der Waals surface area contributed by atoms with Crippen molar-refractivity contribution in [3.63, 3.8) is 0 Å². The molecule has 1 heteroatoms. The third-order valence-electron chi connectivity index (χ3n) is 1.85. The van der Waals surface area contributed by atoms with Crippen molar-refractivity contribution in [1.29, 1.82) is 0 Å². The van der Waals surface area contributed by atoms with Gasteiger partial charge < -0.3 is 0 Å². The molecule has 0 N–H and O–H groups in total. The predicted octanol–water partition coefficient (Wildman–Crippen LogP) is 3.73. The minimum atomic E-state index is 1.24. The van der Waals surface area contributed by atoms with Gasteiger partial charge in [-0.05, 0) is 41.1 Å². The van der Waals surface area contributed by atoms with Crippen LogP contribution in [-0.4, -0.2) is 0 Å². The summed E-state index contributed by atoms with van der Waals surface area (Å²) < 4.78 is 1.29. The second-order valence-electron chi connectivity index (χ2n) is 2.87. The SMILES string of the molecule is C=C[C](C)c1cc(C)ccc1I. The second-order valence-corrected chi connectivity index (χ2v) is 4.03. The van der Waals surface area contributed by atoms with Crippen molar-refractivity contribution in [3.8, 4) is 0 Å². The van der Waals surface area contributed by atoms with E-state index in [4.69, 9.17) is 0 Å². The van der Waals surface area contributed by atoms with E-state index in [1.165, 1.54) is 20.6 Å². The largest absolute Gasteiger partial charge is 0.102 e. The smallest absolute Gasteiger partial charge is 0.0241 e. The van der Waals surface area contributed by atoms with Crippen molar-refractivity contribution in [2.75, 3.05) is 0 Å². The molecule has 1 rings (SSSR count). The molecular formula is C11H12I. The number of allylic oxidation sites excluding steroid dienone is 1. The highest BCUT2D eigenvalue weighted by molar-refractivity contribution is 14.1. The van der Waals surface area contributed by atoms with Crippen molar-refractivity contribution in [1.82, 2.24) is 0 Å². The standard InChI is InChI=1S/C11H12I/c1-4-9(3)10-7-8(2)5-6-11(10)12/h4-7H,1H2,2-3H3. The molecular weight excluding hydrogens is 259 g/mol. The van der Waals surface area contributed by atoms with Gasteiger partial charge in [-0.2, -0.15) is 0 Å². The summed E-state index contributed by atoms with van der Waals surface area (Å²) in [6, 6.07) is 6.46. The molecule has 0 aliphatic carbocycles. The van der Waals surface area contributed by atoms with Gasteiger partial charge in [-0.1, -0.05) is 30.7 Å². The fourth-order valence-electron chi connectivity index (χ4n) is 1.05. The Balaban J connectivity index is 3.12. The topological polar surface area (TPSA) is 0 Å². The summed E-state index contributed by atoms with van der Waals surface area (Å²) in [5, 5.41) is 0. The molecule has 0 unspecified atom stereocenters. The molecule has 1 radical (unpaired) electrons. The molecule has 0 bridgehead atoms. The highest BCUT2D eigenvalue weighted by atomic mass is 127. The summed E-state index contributed by atoms with van der Waals surface area (Å²) in [5.41, 5.74) is 2.59. The van der Waals surface area contributed by atoms with E-state index in [0.29, 0.717) is 0 Å². The van der Waals surface area contributed by atoms with Gasteiger partial charge in [-0.3, -0.25) is 0 Å². The molecule has 0 aliphatic heterocycles. The zero-order valence-electron chi connectivity index (χ0n) is 7.39. The highest BCUT2D eigenvalue weighted by Crippen LogP contribution is 2.22. The summed E-state index contributed by atoms with van der Waals surface area (Å²) >= 11 is 2.35. The molecule has 0 fully saturated rings. The summed E-state index contributed by atoms with van der Waals surface area (Å²) in [7, 11) is 0. The van der Waals surface area contributed by atoms with Gasteiger partial charge in [0.25, 0.3) is 0 Å². The minimum absolute atomic E-state index is 1.24. The molecule has 0 nitrogen and oxygen atoms in total. The fourth-order valence-corrected chi connectivity index (χ4v) is 1.81. The van der Waals surface area contributed by atoms with Crippen LogP contribution in [0.1, 0.15) is 18.1 Å². The van der Waals surface area contributed by atoms with Crippen molar-refractivity contribution < 1.29 is 0 Å². The predicted molar refractivity (Wildman–Crippen MR) is 62.1 cm³/mol. The van der Waals surface area contributed by atoms with Crippen LogP contribution in [0.2, 0.25) is 0 Å². The van der Waals surface area contributed by atoms with E-state index in [1.807, 2.05) is 6.08 Å². The number of aryl methyl sites for hydroxylation is 1. The first-order chi connectivity index (χ1) is 5.65. The number of halogens is 1. The van der Waals surface area contributed by atoms with E-state index in [0.717, 1.165) is 0 Å². The van der Waals surface area contributed by atoms with Gasteiger partial charge in [0.15, 0.2) is 0 Å². The van der Waals surface area contributed by atoms with Gasteiger partial charge in [-0.15, -0.1) is 6.58 Å². The van der Waals surface area contributed by atoms with E-state index in [2.05, 4.69) is 61.2 Å². The lowest BCUT2D eigenvalue weighted by atomic mass is 10.00. The van der Waals surface area contributed by atoms with E-state index in [-0.39, 0.29) is 0 Å². The average Bonchev–Trinajstić information content (AvgIpc) is 2.08. The van der Waals surface area contributed by atoms with Gasteiger partial charge in [-0.25, -0.2) is 0 Å². The normalized spacial score (nSPS) is 10.3. The highest BCUT2D eigenvalue weighted by Gasteiger charge is 2.05. The van der Waals surface area contributed by atoms with Crippen LogP contribution in [-0.2, 0) is 0 Å². The summed E-state index contributed by atoms with van der Waals surface area (Å²) in [6.45, 7) is 7.96. The van der Waals surface area contributed by atoms with Crippen LogP contribution in [0.5, 0.6) is 0 Å². The summed E-state index contributed by atoms with van der Waals surface area (Å²) in [4.78, 5) is 0. The molecule has 0 heterocycles. The summed E-state index contributed by atoms with van der Waals surface area (Å²) in [6.07, 6.45) is 1.90. The quantitative estimate of drug-likeness (QED) is 0.719. The molecule has 0 saturated carbocycles. The summed E-state index contributed by atoms with van der Waals surface area (Å²) in [5.74, 6) is 1.24. The Bertz CT molecular complexity index is 289. The molecule has 0 aliphatic rings. The number of hydrogen-bond acceptors (Lipinski definition) is 0. The van der Waals surface area contributed by atoms with Crippen molar-refractivity contribution >= 4 is 22.6 Å². The number of hydrogen-bond donors (Lipinski definition) is 0. The molecule has 63 valence electrons. The van der Waals surface area contributed by atoms with E-state index in [9.17, 15) is 0 Å². The fraction of sp³-hybridized carbons (Fsp3) is 0.182. The molecule has 12 heavy (non-hydrogen) atoms. The zero-order chi connectivity index (χ0) is 9.14. The third-order valence-corrected chi connectivity index (χ3v) is 2.79. The molecule has 0 atom stereocenters. The maximum Gasteiger partial charge on any atom is 0.0241 e. The van der Waals surface area contributed by atoms with Crippen LogP contribution in [0.3, 0.4) is 0 Å². The van der Waals surface area contributed by atoms with Crippen LogP contribution in [0, 0.1) is 16.4 Å². The van der Waals surface area contributed by atoms with Crippen LogP contribution < -0.4 is 0 Å². The lowest BCUT2D eigenvalue weighted by Crippen LogP contribution is -1.94. The van der Waals surface area contributed by atoms with E-state index in [1.54, 1.807) is 0 Å². The Morgan fingerprint density at radius 2 is 2.17 bits per heavy atom. The van der Waals surface area contributed by atoms with Gasteiger partial charge in [0, 0.05) is 9.49 Å². The minimum Gasteiger partial charge on any atom is -0.102 e. The van der Waals surface area contributed by atoms with Crippen LogP contribution in [0.25, 0.3) is 0 Å². The van der Waals surface area contributed by atoms with Gasteiger partial charge >= 0.3 is 0 Å². The van der Waals surface area contributed by atoms with Crippen molar-refractivity contribution in [2.24, 2.45) is 0 Å². The molecule has 0 aromatic heterocycles. The first-order valence-electron chi connectivity index (χ1n) is 3.87. The lowest BCUT2D eigenvalue weighted by Gasteiger charge is -2.08. The Hall–Kier alpha value is -0.310. The first kappa shape index (κ1) is 9.78. The number of benzene rings is 1. The van der Waals surface area contributed by atoms with Gasteiger partial charge in [0.2, 0.25) is 0 Å². The maximum atomic E-state index is 3.77. The first-order valence-corrected chi connectivity index (χ1v) is 4.95. The lowest BCUT2D eigenvalue weighted by molar-refractivity contribution is 1.22. The maximum absolute atomic E-state index is 3.77. The molecule has 0 spiro atoms. The van der Waals surface area contributed by atoms with Crippen molar-refractivity contribution in [2.45, 2.75) is 13.8 Å².